The van der Waals surface area contributed by atoms with E-state index < -0.39 is 99.8 Å². The first-order chi connectivity index (χ1) is 18.7. The molecule has 14 nitrogen and oxygen atoms in total. The van der Waals surface area contributed by atoms with Crippen molar-refractivity contribution in [1.29, 1.82) is 0 Å². The van der Waals surface area contributed by atoms with E-state index in [1.807, 2.05) is 0 Å². The number of nitrogens with one attached hydrogen (secondary N) is 1. The van der Waals surface area contributed by atoms with Crippen molar-refractivity contribution in [2.24, 2.45) is 0 Å². The predicted octanol–water partition coefficient (Wildman–Crippen LogP) is -2.49. The normalized spacial score (nSPS) is 36.0. The molecule has 0 spiro atoms. The average molecular weight is 570 g/mol. The average Bonchev–Trinajstić information content (AvgIpc) is 2.92. The first-order valence-corrected chi connectivity index (χ1v) is 13.7. The molecule has 0 aromatic carbocycles. The molecule has 8 N–H and O–H groups in total. The van der Waals surface area contributed by atoms with Crippen molar-refractivity contribution in [2.75, 3.05) is 33.0 Å². The van der Waals surface area contributed by atoms with Crippen molar-refractivity contribution < 1.29 is 64.2 Å². The fourth-order valence-electron chi connectivity index (χ4n) is 4.62. The molecule has 0 saturated carbocycles. The molecule has 1 amide bonds. The Bertz CT molecular complexity index is 688. The second-order valence-corrected chi connectivity index (χ2v) is 10.0. The minimum absolute atomic E-state index is 0.288. The summed E-state index contributed by atoms with van der Waals surface area (Å²) in [7, 11) is 0. The highest BCUT2D eigenvalue weighted by molar-refractivity contribution is 5.73. The lowest BCUT2D eigenvalue weighted by atomic mass is 9.95. The molecular formula is C25H47NO13. The van der Waals surface area contributed by atoms with E-state index in [1.165, 1.54) is 6.92 Å². The summed E-state index contributed by atoms with van der Waals surface area (Å²) in [4.78, 5) is 12.1. The number of carbonyl (C=O) groups excluding carboxylic acids is 1. The minimum Gasteiger partial charge on any atom is -0.394 e. The molecule has 0 aromatic rings. The standard InChI is InChI=1S/C25H47NO13/c1-3-4-5-6-7-8-9-35-24-18(26-14(2)30)22(20(33)17(12-29)37-24)39-25-23(36-13-15(31)10-27)21(34)19(32)16(11-28)38-25/h15-25,27-29,31-34H,3-13H2,1-2H3,(H,26,30)/t15?,16-,17-,18-,19+,20-,21+,22-,23-,24-,25+/m1/s1. The van der Waals surface area contributed by atoms with E-state index in [0.717, 1.165) is 38.5 Å². The molecule has 39 heavy (non-hydrogen) atoms. The summed E-state index contributed by atoms with van der Waals surface area (Å²) in [5, 5.41) is 72.9. The van der Waals surface area contributed by atoms with Crippen molar-refractivity contribution in [2.45, 2.75) is 120 Å². The second kappa shape index (κ2) is 17.7. The van der Waals surface area contributed by atoms with Crippen molar-refractivity contribution in [3.05, 3.63) is 0 Å². The number of aliphatic hydroxyl groups is 7. The molecule has 0 bridgehead atoms. The summed E-state index contributed by atoms with van der Waals surface area (Å²) in [6.45, 7) is 1.32. The summed E-state index contributed by atoms with van der Waals surface area (Å²) in [5.74, 6) is -0.480. The molecule has 14 heteroatoms. The highest BCUT2D eigenvalue weighted by Gasteiger charge is 2.52. The molecule has 2 aliphatic rings. The maximum absolute atomic E-state index is 12.1. The molecule has 0 aliphatic carbocycles. The molecule has 230 valence electrons. The van der Waals surface area contributed by atoms with Crippen LogP contribution in [0.1, 0.15) is 52.4 Å². The Morgan fingerprint density at radius 2 is 1.46 bits per heavy atom. The molecule has 0 radical (unpaired) electrons. The van der Waals surface area contributed by atoms with Crippen molar-refractivity contribution in [3.8, 4) is 0 Å². The van der Waals surface area contributed by atoms with Gasteiger partial charge in [0.2, 0.25) is 5.91 Å². The molecule has 2 heterocycles. The van der Waals surface area contributed by atoms with E-state index in [2.05, 4.69) is 12.2 Å². The first kappa shape index (κ1) is 34.2. The van der Waals surface area contributed by atoms with Crippen LogP contribution in [0.25, 0.3) is 0 Å². The fourth-order valence-corrected chi connectivity index (χ4v) is 4.62. The molecule has 2 fully saturated rings. The largest absolute Gasteiger partial charge is 0.394 e. The van der Waals surface area contributed by atoms with Crippen LogP contribution in [0.4, 0.5) is 0 Å². The Hall–Kier alpha value is -1.01. The van der Waals surface area contributed by atoms with Gasteiger partial charge in [0.1, 0.15) is 54.9 Å². The van der Waals surface area contributed by atoms with Crippen LogP contribution in [0.3, 0.4) is 0 Å². The third-order valence-electron chi connectivity index (χ3n) is 6.81. The minimum atomic E-state index is -1.64. The molecule has 1 unspecified atom stereocenters. The van der Waals surface area contributed by atoms with Gasteiger partial charge in [-0.2, -0.15) is 0 Å². The maximum atomic E-state index is 12.1. The highest BCUT2D eigenvalue weighted by Crippen LogP contribution is 2.31. The zero-order chi connectivity index (χ0) is 28.9. The predicted molar refractivity (Wildman–Crippen MR) is 134 cm³/mol. The molecule has 2 saturated heterocycles. The SMILES string of the molecule is CCCCCCCCO[C@@H]1O[C@H](CO)[C@@H](O)[C@H](O[C@@H]2O[C@H](CO)[C@H](O)[C@H](O)[C@H]2OCC(O)CO)[C@H]1NC(C)=O. The number of aliphatic hydroxyl groups excluding tert-OH is 7. The van der Waals surface area contributed by atoms with Crippen LogP contribution in [0, 0.1) is 0 Å². The van der Waals surface area contributed by atoms with Crippen LogP contribution in [-0.4, -0.2) is 142 Å². The molecular weight excluding hydrogens is 522 g/mol. The number of amides is 1. The van der Waals surface area contributed by atoms with E-state index in [-0.39, 0.29) is 6.61 Å². The van der Waals surface area contributed by atoms with Crippen LogP contribution in [-0.2, 0) is 28.5 Å². The summed E-state index contributed by atoms with van der Waals surface area (Å²) < 4.78 is 28.8. The van der Waals surface area contributed by atoms with Gasteiger partial charge >= 0.3 is 0 Å². The van der Waals surface area contributed by atoms with Gasteiger partial charge in [-0.3, -0.25) is 4.79 Å². The first-order valence-electron chi connectivity index (χ1n) is 13.7. The summed E-state index contributed by atoms with van der Waals surface area (Å²) in [6, 6.07) is -1.08. The zero-order valence-corrected chi connectivity index (χ0v) is 22.7. The molecule has 2 aliphatic heterocycles. The maximum Gasteiger partial charge on any atom is 0.217 e. The summed E-state index contributed by atoms with van der Waals surface area (Å²) in [6.07, 6.45) is -7.70. The van der Waals surface area contributed by atoms with Crippen LogP contribution in [0.5, 0.6) is 0 Å². The van der Waals surface area contributed by atoms with E-state index >= 15 is 0 Å². The van der Waals surface area contributed by atoms with Gasteiger partial charge in [-0.15, -0.1) is 0 Å². The highest BCUT2D eigenvalue weighted by atomic mass is 16.7. The van der Waals surface area contributed by atoms with E-state index in [9.17, 15) is 35.4 Å². The molecule has 2 rings (SSSR count). The number of hydrogen-bond acceptors (Lipinski definition) is 13. The lowest BCUT2D eigenvalue weighted by Crippen LogP contribution is -2.68. The zero-order valence-electron chi connectivity index (χ0n) is 22.7. The van der Waals surface area contributed by atoms with Gasteiger partial charge in [-0.05, 0) is 6.42 Å². The topological polar surface area (TPSA) is 217 Å². The van der Waals surface area contributed by atoms with Gasteiger partial charge in [0.15, 0.2) is 12.6 Å². The van der Waals surface area contributed by atoms with Crippen molar-refractivity contribution in [1.82, 2.24) is 5.32 Å². The Morgan fingerprint density at radius 3 is 2.08 bits per heavy atom. The van der Waals surface area contributed by atoms with Gasteiger partial charge in [0.05, 0.1) is 26.4 Å². The van der Waals surface area contributed by atoms with Crippen LogP contribution >= 0.6 is 0 Å². The number of hydrogen-bond donors (Lipinski definition) is 8. The van der Waals surface area contributed by atoms with Crippen molar-refractivity contribution in [3.63, 3.8) is 0 Å². The van der Waals surface area contributed by atoms with E-state index in [1.54, 1.807) is 0 Å². The fraction of sp³-hybridized carbons (Fsp3) is 0.960. The number of unbranched alkanes of at least 4 members (excludes halogenated alkanes) is 5. The van der Waals surface area contributed by atoms with E-state index in [4.69, 9.17) is 28.8 Å². The van der Waals surface area contributed by atoms with Crippen LogP contribution in [0.15, 0.2) is 0 Å². The number of rotatable bonds is 17. The van der Waals surface area contributed by atoms with Gasteiger partial charge in [0.25, 0.3) is 0 Å². The second-order valence-electron chi connectivity index (χ2n) is 10.0. The lowest BCUT2D eigenvalue weighted by molar-refractivity contribution is -0.350. The lowest BCUT2D eigenvalue weighted by Gasteiger charge is -2.48. The quantitative estimate of drug-likeness (QED) is 0.0852. The Labute approximate surface area is 228 Å². The van der Waals surface area contributed by atoms with Gasteiger partial charge in [-0.25, -0.2) is 0 Å². The van der Waals surface area contributed by atoms with Gasteiger partial charge in [-0.1, -0.05) is 39.0 Å². The number of ether oxygens (including phenoxy) is 5. The Morgan fingerprint density at radius 1 is 0.846 bits per heavy atom. The Kier molecular flexibility index (Phi) is 15.5. The summed E-state index contributed by atoms with van der Waals surface area (Å²) in [5.41, 5.74) is 0. The Balaban J connectivity index is 2.22. The summed E-state index contributed by atoms with van der Waals surface area (Å²) >= 11 is 0. The molecule has 11 atom stereocenters. The van der Waals surface area contributed by atoms with Crippen LogP contribution < -0.4 is 5.32 Å². The van der Waals surface area contributed by atoms with Gasteiger partial charge in [0, 0.05) is 13.5 Å². The third-order valence-corrected chi connectivity index (χ3v) is 6.81. The monoisotopic (exact) mass is 569 g/mol. The molecule has 0 aromatic heterocycles. The third kappa shape index (κ3) is 10.1. The van der Waals surface area contributed by atoms with E-state index in [0.29, 0.717) is 0 Å². The van der Waals surface area contributed by atoms with Crippen molar-refractivity contribution >= 4 is 5.91 Å². The van der Waals surface area contributed by atoms with Gasteiger partial charge < -0.3 is 64.7 Å². The smallest absolute Gasteiger partial charge is 0.217 e. The number of carbonyl (C=O) groups is 1. The van der Waals surface area contributed by atoms with Crippen LogP contribution in [0.2, 0.25) is 0 Å².